The van der Waals surface area contributed by atoms with Crippen molar-refractivity contribution < 1.29 is 0 Å². The van der Waals surface area contributed by atoms with Crippen molar-refractivity contribution in [3.05, 3.63) is 18.0 Å². The summed E-state index contributed by atoms with van der Waals surface area (Å²) in [5.41, 5.74) is 1.58. The predicted molar refractivity (Wildman–Crippen MR) is 68.3 cm³/mol. The van der Waals surface area contributed by atoms with E-state index in [0.29, 0.717) is 11.5 Å². The van der Waals surface area contributed by atoms with Gasteiger partial charge in [0.1, 0.15) is 0 Å². The molecule has 0 fully saturated rings. The number of aryl methyl sites for hydroxylation is 1. The summed E-state index contributed by atoms with van der Waals surface area (Å²) in [7, 11) is 0. The highest BCUT2D eigenvalue weighted by Crippen LogP contribution is 2.21. The summed E-state index contributed by atoms with van der Waals surface area (Å²) < 4.78 is 2.04. The molecule has 0 saturated carbocycles. The smallest absolute Gasteiger partial charge is 0.0522 e. The molecule has 92 valence electrons. The van der Waals surface area contributed by atoms with E-state index < -0.39 is 0 Å². The average molecular weight is 223 g/mol. The molecule has 0 amide bonds. The maximum Gasteiger partial charge on any atom is 0.0522 e. The summed E-state index contributed by atoms with van der Waals surface area (Å²) in [5, 5.41) is 7.90. The Bertz CT molecular complexity index is 309. The zero-order valence-corrected chi connectivity index (χ0v) is 11.2. The lowest BCUT2D eigenvalue weighted by Gasteiger charge is -2.30. The molecule has 1 aromatic rings. The molecular formula is C13H25N3. The van der Waals surface area contributed by atoms with Gasteiger partial charge >= 0.3 is 0 Å². The summed E-state index contributed by atoms with van der Waals surface area (Å²) in [6.45, 7) is 13.1. The van der Waals surface area contributed by atoms with Crippen molar-refractivity contribution >= 4 is 0 Å². The van der Waals surface area contributed by atoms with Gasteiger partial charge in [-0.2, -0.15) is 5.10 Å². The highest BCUT2D eigenvalue weighted by Gasteiger charge is 2.22. The van der Waals surface area contributed by atoms with Crippen molar-refractivity contribution in [3.8, 4) is 0 Å². The van der Waals surface area contributed by atoms with Crippen molar-refractivity contribution in [1.29, 1.82) is 0 Å². The number of hydrogen-bond donors (Lipinski definition) is 1. The maximum atomic E-state index is 4.28. The van der Waals surface area contributed by atoms with Crippen molar-refractivity contribution in [2.75, 3.05) is 0 Å². The quantitative estimate of drug-likeness (QED) is 0.832. The lowest BCUT2D eigenvalue weighted by Crippen LogP contribution is -2.39. The molecular weight excluding hydrogens is 198 g/mol. The number of nitrogens with one attached hydrogen (secondary N) is 1. The summed E-state index contributed by atoms with van der Waals surface area (Å²) in [4.78, 5) is 0. The van der Waals surface area contributed by atoms with Gasteiger partial charge in [0, 0.05) is 25.3 Å². The summed E-state index contributed by atoms with van der Waals surface area (Å²) in [5.74, 6) is 0. The molecule has 1 unspecified atom stereocenters. The second-order valence-corrected chi connectivity index (χ2v) is 5.35. The standard InChI is InChI=1S/C13H25N3/c1-6-12(13(3,4)5)14-10-11-8-9-15-16(11)7-2/h8-9,12,14H,6-7,10H2,1-5H3. The van der Waals surface area contributed by atoms with Gasteiger partial charge in [-0.1, -0.05) is 27.7 Å². The SMILES string of the molecule is CCC(NCc1ccnn1CC)C(C)(C)C. The van der Waals surface area contributed by atoms with Crippen LogP contribution >= 0.6 is 0 Å². The maximum absolute atomic E-state index is 4.28. The van der Waals surface area contributed by atoms with E-state index in [0.717, 1.165) is 19.5 Å². The minimum absolute atomic E-state index is 0.311. The fourth-order valence-electron chi connectivity index (χ4n) is 2.09. The van der Waals surface area contributed by atoms with Gasteiger partial charge in [0.15, 0.2) is 0 Å². The lowest BCUT2D eigenvalue weighted by atomic mass is 9.85. The molecule has 1 N–H and O–H groups in total. The molecule has 0 aliphatic heterocycles. The van der Waals surface area contributed by atoms with Crippen molar-refractivity contribution in [2.24, 2.45) is 5.41 Å². The van der Waals surface area contributed by atoms with Crippen LogP contribution in [0.1, 0.15) is 46.7 Å². The van der Waals surface area contributed by atoms with Gasteiger partial charge in [0.25, 0.3) is 0 Å². The molecule has 1 heterocycles. The molecule has 1 aromatic heterocycles. The van der Waals surface area contributed by atoms with Crippen LogP contribution in [0.25, 0.3) is 0 Å². The highest BCUT2D eigenvalue weighted by atomic mass is 15.3. The van der Waals surface area contributed by atoms with Crippen LogP contribution in [0.2, 0.25) is 0 Å². The Hall–Kier alpha value is -0.830. The van der Waals surface area contributed by atoms with Crippen LogP contribution < -0.4 is 5.32 Å². The van der Waals surface area contributed by atoms with Gasteiger partial charge in [-0.15, -0.1) is 0 Å². The summed E-state index contributed by atoms with van der Waals surface area (Å²) >= 11 is 0. The third kappa shape index (κ3) is 3.34. The molecule has 0 spiro atoms. The molecule has 0 aliphatic rings. The monoisotopic (exact) mass is 223 g/mol. The topological polar surface area (TPSA) is 29.9 Å². The highest BCUT2D eigenvalue weighted by molar-refractivity contribution is 5.00. The Morgan fingerprint density at radius 2 is 2.06 bits per heavy atom. The van der Waals surface area contributed by atoms with E-state index >= 15 is 0 Å². The van der Waals surface area contributed by atoms with E-state index in [9.17, 15) is 0 Å². The Morgan fingerprint density at radius 3 is 2.56 bits per heavy atom. The number of nitrogens with zero attached hydrogens (tertiary/aromatic N) is 2. The van der Waals surface area contributed by atoms with Gasteiger partial charge in [-0.25, -0.2) is 0 Å². The third-order valence-electron chi connectivity index (χ3n) is 3.09. The molecule has 3 nitrogen and oxygen atoms in total. The number of hydrogen-bond acceptors (Lipinski definition) is 2. The molecule has 16 heavy (non-hydrogen) atoms. The molecule has 3 heteroatoms. The van der Waals surface area contributed by atoms with Gasteiger partial charge in [-0.05, 0) is 24.8 Å². The molecule has 0 saturated heterocycles. The summed E-state index contributed by atoms with van der Waals surface area (Å²) in [6.07, 6.45) is 3.03. The fourth-order valence-corrected chi connectivity index (χ4v) is 2.09. The normalized spacial score (nSPS) is 14.1. The average Bonchev–Trinajstić information content (AvgIpc) is 2.64. The van der Waals surface area contributed by atoms with E-state index in [2.05, 4.69) is 51.1 Å². The molecule has 1 rings (SSSR count). The molecule has 0 aliphatic carbocycles. The van der Waals surface area contributed by atoms with Crippen LogP contribution in [-0.2, 0) is 13.1 Å². The Balaban J connectivity index is 2.56. The zero-order chi connectivity index (χ0) is 12.2. The van der Waals surface area contributed by atoms with Crippen LogP contribution in [0.3, 0.4) is 0 Å². The first-order chi connectivity index (χ1) is 7.49. The van der Waals surface area contributed by atoms with E-state index in [4.69, 9.17) is 0 Å². The van der Waals surface area contributed by atoms with E-state index in [-0.39, 0.29) is 0 Å². The first-order valence-corrected chi connectivity index (χ1v) is 6.23. The van der Waals surface area contributed by atoms with Gasteiger partial charge in [0.2, 0.25) is 0 Å². The largest absolute Gasteiger partial charge is 0.308 e. The van der Waals surface area contributed by atoms with Crippen molar-refractivity contribution in [2.45, 2.75) is 60.2 Å². The van der Waals surface area contributed by atoms with E-state index in [1.54, 1.807) is 0 Å². The first-order valence-electron chi connectivity index (χ1n) is 6.23. The van der Waals surface area contributed by atoms with Crippen LogP contribution in [0.15, 0.2) is 12.3 Å². The number of rotatable bonds is 5. The van der Waals surface area contributed by atoms with E-state index in [1.165, 1.54) is 5.69 Å². The Labute approximate surface area is 99.2 Å². The minimum atomic E-state index is 0.311. The van der Waals surface area contributed by atoms with Crippen LogP contribution in [0.4, 0.5) is 0 Å². The molecule has 0 radical (unpaired) electrons. The van der Waals surface area contributed by atoms with Crippen LogP contribution in [-0.4, -0.2) is 15.8 Å². The van der Waals surface area contributed by atoms with Gasteiger partial charge in [-0.3, -0.25) is 4.68 Å². The Kier molecular flexibility index (Phi) is 4.54. The predicted octanol–water partition coefficient (Wildman–Crippen LogP) is 2.82. The first kappa shape index (κ1) is 13.2. The second-order valence-electron chi connectivity index (χ2n) is 5.35. The molecule has 0 aromatic carbocycles. The molecule has 0 bridgehead atoms. The lowest BCUT2D eigenvalue weighted by molar-refractivity contribution is 0.257. The van der Waals surface area contributed by atoms with Crippen LogP contribution in [0, 0.1) is 5.41 Å². The summed E-state index contributed by atoms with van der Waals surface area (Å²) in [6, 6.07) is 2.64. The van der Waals surface area contributed by atoms with E-state index in [1.807, 2.05) is 10.9 Å². The number of aromatic nitrogens is 2. The second kappa shape index (κ2) is 5.48. The fraction of sp³-hybridized carbons (Fsp3) is 0.769. The molecule has 1 atom stereocenters. The van der Waals surface area contributed by atoms with Gasteiger partial charge < -0.3 is 5.32 Å². The van der Waals surface area contributed by atoms with Gasteiger partial charge in [0.05, 0.1) is 5.69 Å². The van der Waals surface area contributed by atoms with Crippen molar-refractivity contribution in [3.63, 3.8) is 0 Å². The van der Waals surface area contributed by atoms with Crippen LogP contribution in [0.5, 0.6) is 0 Å². The Morgan fingerprint density at radius 1 is 1.38 bits per heavy atom. The minimum Gasteiger partial charge on any atom is -0.308 e. The third-order valence-corrected chi connectivity index (χ3v) is 3.09. The zero-order valence-electron chi connectivity index (χ0n) is 11.2. The van der Waals surface area contributed by atoms with Crippen molar-refractivity contribution in [1.82, 2.24) is 15.1 Å².